The summed E-state index contributed by atoms with van der Waals surface area (Å²) in [4.78, 5) is 36.3. The largest absolute Gasteiger partial charge is 0.467 e. The van der Waals surface area contributed by atoms with E-state index in [9.17, 15) is 9.59 Å². The number of aromatic amines is 1. The van der Waals surface area contributed by atoms with Crippen molar-refractivity contribution in [1.82, 2.24) is 14.9 Å². The zero-order valence-corrected chi connectivity index (χ0v) is 22.4. The van der Waals surface area contributed by atoms with Crippen LogP contribution in [0.15, 0.2) is 60.8 Å². The summed E-state index contributed by atoms with van der Waals surface area (Å²) >= 11 is 11.9. The minimum absolute atomic E-state index is 0.112. The van der Waals surface area contributed by atoms with Gasteiger partial charge in [-0.2, -0.15) is 0 Å². The van der Waals surface area contributed by atoms with E-state index in [-0.39, 0.29) is 18.4 Å². The van der Waals surface area contributed by atoms with Crippen LogP contribution in [0.4, 0.5) is 0 Å². The number of carbonyl (C=O) groups is 2. The van der Waals surface area contributed by atoms with Gasteiger partial charge in [-0.05, 0) is 37.0 Å². The Hall–Kier alpha value is -3.03. The third-order valence-corrected chi connectivity index (χ3v) is 6.75. The van der Waals surface area contributed by atoms with Gasteiger partial charge in [0.15, 0.2) is 0 Å². The van der Waals surface area contributed by atoms with Crippen molar-refractivity contribution in [2.75, 3.05) is 7.11 Å². The van der Waals surface area contributed by atoms with E-state index >= 15 is 0 Å². The molecule has 6 nitrogen and oxygen atoms in total. The summed E-state index contributed by atoms with van der Waals surface area (Å²) in [6.45, 7) is 4.03. The van der Waals surface area contributed by atoms with Gasteiger partial charge < -0.3 is 14.6 Å². The Kier molecular flexibility index (Phi) is 10.2. The van der Waals surface area contributed by atoms with E-state index in [4.69, 9.17) is 28.6 Å². The molecule has 0 saturated carbocycles. The first-order valence-electron chi connectivity index (χ1n) is 12.0. The lowest BCUT2D eigenvalue weighted by Crippen LogP contribution is -2.46. The van der Waals surface area contributed by atoms with Crippen LogP contribution in [0.2, 0.25) is 5.02 Å². The quantitative estimate of drug-likeness (QED) is 0.243. The standard InChI is InChI=1S/C28H32ClN3O3S/c1-4-10-26(33)32(25(28(34)35-3)15-20-11-6-5-7-12-20)18-22-17-30-27(31-22)23(19(2)36)16-21-13-8-9-14-24(21)29/h5-9,11-14,17,23,25H,4,10,15-16,18H2,1-3H3,(H,30,31)/t23?,25-/m0/s1. The Morgan fingerprint density at radius 1 is 1.11 bits per heavy atom. The first-order valence-corrected chi connectivity index (χ1v) is 12.8. The molecule has 3 rings (SSSR count). The van der Waals surface area contributed by atoms with E-state index < -0.39 is 12.0 Å². The molecular formula is C28H32ClN3O3S. The summed E-state index contributed by atoms with van der Waals surface area (Å²) in [5.41, 5.74) is 2.65. The van der Waals surface area contributed by atoms with Gasteiger partial charge in [-0.15, -0.1) is 0 Å². The highest BCUT2D eigenvalue weighted by Gasteiger charge is 2.31. The fraction of sp³-hybridized carbons (Fsp3) is 0.357. The molecule has 190 valence electrons. The molecule has 0 aliphatic rings. The SMILES string of the molecule is CCCC(=O)N(Cc1cnc(C(Cc2ccccc2Cl)C(C)=S)[nH]1)[C@@H](Cc1ccccc1)C(=O)OC. The second-order valence-electron chi connectivity index (χ2n) is 8.75. The molecular weight excluding hydrogens is 494 g/mol. The zero-order chi connectivity index (χ0) is 26.1. The summed E-state index contributed by atoms with van der Waals surface area (Å²) in [6, 6.07) is 16.5. The monoisotopic (exact) mass is 525 g/mol. The number of amides is 1. The maximum atomic E-state index is 13.2. The van der Waals surface area contributed by atoms with E-state index in [1.807, 2.05) is 68.4 Å². The molecule has 2 aromatic carbocycles. The number of methoxy groups -OCH3 is 1. The van der Waals surface area contributed by atoms with Gasteiger partial charge in [-0.3, -0.25) is 4.79 Å². The molecule has 1 heterocycles. The summed E-state index contributed by atoms with van der Waals surface area (Å²) in [5, 5.41) is 0.684. The summed E-state index contributed by atoms with van der Waals surface area (Å²) < 4.78 is 5.10. The molecule has 1 N–H and O–H groups in total. The molecule has 8 heteroatoms. The molecule has 0 spiro atoms. The Balaban J connectivity index is 1.88. The van der Waals surface area contributed by atoms with Crippen LogP contribution in [0.25, 0.3) is 0 Å². The maximum Gasteiger partial charge on any atom is 0.328 e. The Morgan fingerprint density at radius 2 is 1.81 bits per heavy atom. The van der Waals surface area contributed by atoms with Crippen LogP contribution in [0.3, 0.4) is 0 Å². The number of thiocarbonyl (C=S) groups is 1. The number of aromatic nitrogens is 2. The molecule has 1 unspecified atom stereocenters. The summed E-state index contributed by atoms with van der Waals surface area (Å²) in [5.74, 6) is 0.000131. The van der Waals surface area contributed by atoms with Gasteiger partial charge in [0.25, 0.3) is 0 Å². The number of H-pyrrole nitrogens is 1. The third-order valence-electron chi connectivity index (χ3n) is 6.10. The molecule has 0 aliphatic carbocycles. The Morgan fingerprint density at radius 3 is 2.44 bits per heavy atom. The van der Waals surface area contributed by atoms with Crippen molar-refractivity contribution in [2.45, 2.75) is 58.0 Å². The molecule has 2 atom stereocenters. The summed E-state index contributed by atoms with van der Waals surface area (Å²) in [6.07, 6.45) is 3.68. The predicted octanol–water partition coefficient (Wildman–Crippen LogP) is 5.69. The number of esters is 1. The topological polar surface area (TPSA) is 75.3 Å². The van der Waals surface area contributed by atoms with E-state index in [1.54, 1.807) is 11.1 Å². The van der Waals surface area contributed by atoms with Crippen molar-refractivity contribution in [1.29, 1.82) is 0 Å². The number of nitrogens with one attached hydrogen (secondary N) is 1. The van der Waals surface area contributed by atoms with Crippen LogP contribution in [-0.4, -0.2) is 44.8 Å². The molecule has 0 fully saturated rings. The fourth-order valence-corrected chi connectivity index (χ4v) is 4.57. The smallest absolute Gasteiger partial charge is 0.328 e. The highest BCUT2D eigenvalue weighted by atomic mass is 35.5. The maximum absolute atomic E-state index is 13.2. The van der Waals surface area contributed by atoms with Gasteiger partial charge in [-0.25, -0.2) is 9.78 Å². The van der Waals surface area contributed by atoms with Crippen LogP contribution < -0.4 is 0 Å². The van der Waals surface area contributed by atoms with Crippen LogP contribution in [-0.2, 0) is 33.7 Å². The van der Waals surface area contributed by atoms with Crippen LogP contribution >= 0.6 is 23.8 Å². The van der Waals surface area contributed by atoms with Crippen LogP contribution in [0, 0.1) is 0 Å². The van der Waals surface area contributed by atoms with Crippen molar-refractivity contribution >= 4 is 40.6 Å². The first-order chi connectivity index (χ1) is 17.3. The fourth-order valence-electron chi connectivity index (χ4n) is 4.16. The molecule has 3 aromatic rings. The molecule has 1 amide bonds. The minimum atomic E-state index is -0.755. The molecule has 0 radical (unpaired) electrons. The van der Waals surface area contributed by atoms with Gasteiger partial charge in [0.1, 0.15) is 11.9 Å². The van der Waals surface area contributed by atoms with Gasteiger partial charge in [0, 0.05) is 22.7 Å². The van der Waals surface area contributed by atoms with Crippen molar-refractivity contribution in [3.63, 3.8) is 0 Å². The zero-order valence-electron chi connectivity index (χ0n) is 20.9. The van der Waals surface area contributed by atoms with Gasteiger partial charge >= 0.3 is 5.97 Å². The number of halogens is 1. The first kappa shape index (κ1) is 27.6. The number of hydrogen-bond acceptors (Lipinski definition) is 5. The highest BCUT2D eigenvalue weighted by molar-refractivity contribution is 7.80. The molecule has 36 heavy (non-hydrogen) atoms. The van der Waals surface area contributed by atoms with Crippen molar-refractivity contribution < 1.29 is 14.3 Å². The van der Waals surface area contributed by atoms with Crippen molar-refractivity contribution in [2.24, 2.45) is 0 Å². The third kappa shape index (κ3) is 7.24. The van der Waals surface area contributed by atoms with Gasteiger partial charge in [0.05, 0.1) is 31.5 Å². The minimum Gasteiger partial charge on any atom is -0.467 e. The van der Waals surface area contributed by atoms with Gasteiger partial charge in [-0.1, -0.05) is 79.3 Å². The van der Waals surface area contributed by atoms with Gasteiger partial charge in [0.2, 0.25) is 5.91 Å². The number of hydrogen-bond donors (Lipinski definition) is 1. The number of benzene rings is 2. The number of ether oxygens (including phenoxy) is 1. The molecule has 0 saturated heterocycles. The summed E-state index contributed by atoms with van der Waals surface area (Å²) in [7, 11) is 1.35. The predicted molar refractivity (Wildman–Crippen MR) is 146 cm³/mol. The average Bonchev–Trinajstić information content (AvgIpc) is 3.33. The average molecular weight is 526 g/mol. The van der Waals surface area contributed by atoms with Crippen LogP contribution in [0.1, 0.15) is 55.3 Å². The van der Waals surface area contributed by atoms with Crippen molar-refractivity contribution in [3.05, 3.63) is 88.5 Å². The second-order valence-corrected chi connectivity index (χ2v) is 9.80. The van der Waals surface area contributed by atoms with Crippen molar-refractivity contribution in [3.8, 4) is 0 Å². The number of rotatable bonds is 12. The lowest BCUT2D eigenvalue weighted by atomic mass is 9.96. The lowest BCUT2D eigenvalue weighted by molar-refractivity contribution is -0.153. The molecule has 0 bridgehead atoms. The Bertz CT molecular complexity index is 1180. The van der Waals surface area contributed by atoms with E-state index in [1.165, 1.54) is 7.11 Å². The highest BCUT2D eigenvalue weighted by Crippen LogP contribution is 2.26. The van der Waals surface area contributed by atoms with E-state index in [2.05, 4.69) is 9.97 Å². The number of carbonyl (C=O) groups excluding carboxylic acids is 2. The number of imidazole rings is 1. The normalized spacial score (nSPS) is 12.6. The second kappa shape index (κ2) is 13.3. The van der Waals surface area contributed by atoms with Crippen LogP contribution in [0.5, 0.6) is 0 Å². The Labute approximate surface area is 223 Å². The molecule has 0 aliphatic heterocycles. The van der Waals surface area contributed by atoms with E-state index in [0.29, 0.717) is 36.5 Å². The van der Waals surface area contributed by atoms with E-state index in [0.717, 1.165) is 21.7 Å². The lowest BCUT2D eigenvalue weighted by Gasteiger charge is -2.30. The molecule has 1 aromatic heterocycles. The number of nitrogens with zero attached hydrogens (tertiary/aromatic N) is 2.